The highest BCUT2D eigenvalue weighted by molar-refractivity contribution is 7.10. The van der Waals surface area contributed by atoms with Crippen LogP contribution in [0.25, 0.3) is 0 Å². The van der Waals surface area contributed by atoms with Crippen LogP contribution in [0.5, 0.6) is 5.75 Å². The molecule has 0 saturated heterocycles. The summed E-state index contributed by atoms with van der Waals surface area (Å²) in [4.78, 5) is 28.3. The van der Waals surface area contributed by atoms with Crippen molar-refractivity contribution in [2.45, 2.75) is 13.0 Å². The highest BCUT2D eigenvalue weighted by Crippen LogP contribution is 2.45. The third-order valence-corrected chi connectivity index (χ3v) is 6.13. The fourth-order valence-corrected chi connectivity index (χ4v) is 4.64. The number of ketones is 1. The number of methoxy groups -OCH3 is 1. The van der Waals surface area contributed by atoms with Crippen molar-refractivity contribution in [1.82, 2.24) is 0 Å². The van der Waals surface area contributed by atoms with E-state index >= 15 is 0 Å². The second-order valence-electron chi connectivity index (χ2n) is 6.43. The number of carbonyl (C=O) groups excluding carboxylic acids is 2. The van der Waals surface area contributed by atoms with Gasteiger partial charge in [0.05, 0.1) is 24.0 Å². The third kappa shape index (κ3) is 3.12. The van der Waals surface area contributed by atoms with E-state index in [2.05, 4.69) is 0 Å². The summed E-state index contributed by atoms with van der Waals surface area (Å²) in [7, 11) is 1.49. The van der Waals surface area contributed by atoms with Gasteiger partial charge in [-0.15, -0.1) is 11.3 Å². The van der Waals surface area contributed by atoms with Gasteiger partial charge in [0.1, 0.15) is 11.8 Å². The van der Waals surface area contributed by atoms with E-state index in [-0.39, 0.29) is 11.3 Å². The van der Waals surface area contributed by atoms with Gasteiger partial charge >= 0.3 is 0 Å². The zero-order valence-electron chi connectivity index (χ0n) is 15.5. The number of Topliss-reactive ketones (excluding diaryl/α,β-unsaturated/α-hetero) is 1. The van der Waals surface area contributed by atoms with Crippen LogP contribution in [0.2, 0.25) is 5.02 Å². The predicted octanol–water partition coefficient (Wildman–Crippen LogP) is 5.09. The van der Waals surface area contributed by atoms with E-state index < -0.39 is 23.5 Å². The SMILES string of the molecule is COc1ccc(N2C(=O)C(O)=C(C(=O)c3ccco3)C2c2sccc2C)cc1Cl. The van der Waals surface area contributed by atoms with E-state index in [9.17, 15) is 14.7 Å². The van der Waals surface area contributed by atoms with Crippen LogP contribution in [0.1, 0.15) is 27.0 Å². The van der Waals surface area contributed by atoms with Gasteiger partial charge in [-0.3, -0.25) is 14.5 Å². The third-order valence-electron chi connectivity index (χ3n) is 4.76. The maximum atomic E-state index is 13.1. The first-order valence-electron chi connectivity index (χ1n) is 8.66. The van der Waals surface area contributed by atoms with Gasteiger partial charge in [-0.25, -0.2) is 0 Å². The van der Waals surface area contributed by atoms with Gasteiger partial charge in [-0.2, -0.15) is 0 Å². The number of furan rings is 1. The van der Waals surface area contributed by atoms with E-state index in [0.717, 1.165) is 10.4 Å². The lowest BCUT2D eigenvalue weighted by molar-refractivity contribution is -0.117. The number of ether oxygens (including phenoxy) is 1. The Kier molecular flexibility index (Phi) is 4.94. The monoisotopic (exact) mass is 429 g/mol. The number of aliphatic hydroxyl groups excluding tert-OH is 1. The normalized spacial score (nSPS) is 16.6. The van der Waals surface area contributed by atoms with Crippen molar-refractivity contribution < 1.29 is 23.8 Å². The van der Waals surface area contributed by atoms with Crippen molar-refractivity contribution >= 4 is 40.3 Å². The van der Waals surface area contributed by atoms with Gasteiger partial charge in [-0.05, 0) is 54.3 Å². The standard InChI is InChI=1S/C21H16ClNO5S/c1-11-7-9-29-20(11)17-16(18(24)15-4-3-8-28-15)19(25)21(26)23(17)12-5-6-14(27-2)13(22)10-12/h3-10,17,25H,1-2H3. The van der Waals surface area contributed by atoms with Crippen LogP contribution in [-0.2, 0) is 4.79 Å². The lowest BCUT2D eigenvalue weighted by Crippen LogP contribution is -2.30. The van der Waals surface area contributed by atoms with Gasteiger partial charge in [-0.1, -0.05) is 11.6 Å². The minimum absolute atomic E-state index is 0.0255. The molecule has 0 bridgehead atoms. The molecule has 0 fully saturated rings. The Morgan fingerprint density at radius 1 is 1.31 bits per heavy atom. The molecule has 2 aromatic heterocycles. The molecule has 29 heavy (non-hydrogen) atoms. The quantitative estimate of drug-likeness (QED) is 0.571. The summed E-state index contributed by atoms with van der Waals surface area (Å²) < 4.78 is 10.4. The van der Waals surface area contributed by atoms with Crippen molar-refractivity contribution in [2.75, 3.05) is 12.0 Å². The van der Waals surface area contributed by atoms with E-state index in [0.29, 0.717) is 16.5 Å². The maximum Gasteiger partial charge on any atom is 0.294 e. The largest absolute Gasteiger partial charge is 0.503 e. The van der Waals surface area contributed by atoms with Crippen LogP contribution in [0.15, 0.2) is 63.8 Å². The fraction of sp³-hybridized carbons (Fsp3) is 0.143. The van der Waals surface area contributed by atoms with Crippen molar-refractivity contribution in [3.63, 3.8) is 0 Å². The molecule has 1 aliphatic rings. The van der Waals surface area contributed by atoms with Gasteiger partial charge in [0.15, 0.2) is 11.5 Å². The summed E-state index contributed by atoms with van der Waals surface area (Å²) in [5.74, 6) is -1.32. The van der Waals surface area contributed by atoms with Gasteiger partial charge in [0.2, 0.25) is 5.78 Å². The Hall–Kier alpha value is -3.03. The minimum atomic E-state index is -0.801. The number of carbonyl (C=O) groups is 2. The van der Waals surface area contributed by atoms with Crippen molar-refractivity contribution in [3.8, 4) is 5.75 Å². The molecule has 3 heterocycles. The van der Waals surface area contributed by atoms with Crippen LogP contribution < -0.4 is 9.64 Å². The predicted molar refractivity (Wildman–Crippen MR) is 110 cm³/mol. The molecular weight excluding hydrogens is 414 g/mol. The van der Waals surface area contributed by atoms with Crippen LogP contribution in [0.3, 0.4) is 0 Å². The zero-order valence-corrected chi connectivity index (χ0v) is 17.1. The molecule has 1 atom stereocenters. The number of hydrogen-bond acceptors (Lipinski definition) is 6. The summed E-state index contributed by atoms with van der Waals surface area (Å²) >= 11 is 7.66. The minimum Gasteiger partial charge on any atom is -0.503 e. The smallest absolute Gasteiger partial charge is 0.294 e. The molecule has 1 aliphatic heterocycles. The molecule has 1 N–H and O–H groups in total. The highest BCUT2D eigenvalue weighted by atomic mass is 35.5. The zero-order chi connectivity index (χ0) is 20.7. The van der Waals surface area contributed by atoms with E-state index in [4.69, 9.17) is 20.8 Å². The molecule has 3 aromatic rings. The van der Waals surface area contributed by atoms with E-state index in [1.165, 1.54) is 35.7 Å². The lowest BCUT2D eigenvalue weighted by Gasteiger charge is -2.26. The lowest BCUT2D eigenvalue weighted by atomic mass is 9.98. The highest BCUT2D eigenvalue weighted by Gasteiger charge is 2.46. The number of nitrogens with zero attached hydrogens (tertiary/aromatic N) is 1. The summed E-state index contributed by atoms with van der Waals surface area (Å²) in [5.41, 5.74) is 1.31. The van der Waals surface area contributed by atoms with Gasteiger partial charge < -0.3 is 14.3 Å². The number of aliphatic hydroxyl groups is 1. The average molecular weight is 430 g/mol. The molecular formula is C21H16ClNO5S. The molecule has 1 aromatic carbocycles. The first-order chi connectivity index (χ1) is 13.9. The number of benzene rings is 1. The summed E-state index contributed by atoms with van der Waals surface area (Å²) in [6.45, 7) is 1.89. The molecule has 0 radical (unpaired) electrons. The average Bonchev–Trinajstić information content (AvgIpc) is 3.43. The molecule has 0 aliphatic carbocycles. The summed E-state index contributed by atoms with van der Waals surface area (Å²) in [6.07, 6.45) is 1.37. The second-order valence-corrected chi connectivity index (χ2v) is 7.79. The molecule has 4 rings (SSSR count). The number of hydrogen-bond donors (Lipinski definition) is 1. The number of halogens is 1. The van der Waals surface area contributed by atoms with Crippen molar-refractivity contribution in [3.05, 3.63) is 80.6 Å². The number of amides is 1. The Bertz CT molecular complexity index is 1130. The number of anilines is 1. The second kappa shape index (κ2) is 7.42. The van der Waals surface area contributed by atoms with Crippen LogP contribution >= 0.6 is 22.9 Å². The van der Waals surface area contributed by atoms with Crippen molar-refractivity contribution in [2.24, 2.45) is 0 Å². The van der Waals surface area contributed by atoms with Crippen molar-refractivity contribution in [1.29, 1.82) is 0 Å². The molecule has 148 valence electrons. The molecule has 6 nitrogen and oxygen atoms in total. The summed E-state index contributed by atoms with van der Waals surface area (Å²) in [5, 5.41) is 12.8. The molecule has 0 spiro atoms. The Balaban J connectivity index is 1.88. The van der Waals surface area contributed by atoms with Gasteiger partial charge in [0, 0.05) is 10.6 Å². The molecule has 0 saturated carbocycles. The van der Waals surface area contributed by atoms with Crippen LogP contribution in [0.4, 0.5) is 5.69 Å². The van der Waals surface area contributed by atoms with Gasteiger partial charge in [0.25, 0.3) is 5.91 Å². The number of rotatable bonds is 5. The first kappa shape index (κ1) is 19.3. The fourth-order valence-electron chi connectivity index (χ4n) is 3.36. The number of aryl methyl sites for hydroxylation is 1. The number of thiophene rings is 1. The van der Waals surface area contributed by atoms with Crippen LogP contribution in [0, 0.1) is 6.92 Å². The Labute approximate surface area is 175 Å². The van der Waals surface area contributed by atoms with E-state index in [1.807, 2.05) is 18.4 Å². The topological polar surface area (TPSA) is 80.0 Å². The molecule has 1 amide bonds. The Morgan fingerprint density at radius 2 is 2.10 bits per heavy atom. The maximum absolute atomic E-state index is 13.1. The Morgan fingerprint density at radius 3 is 2.69 bits per heavy atom. The molecule has 8 heteroatoms. The van der Waals surface area contributed by atoms with E-state index in [1.54, 1.807) is 24.3 Å². The van der Waals surface area contributed by atoms with Crippen LogP contribution in [-0.4, -0.2) is 23.9 Å². The molecule has 1 unspecified atom stereocenters. The first-order valence-corrected chi connectivity index (χ1v) is 9.92. The summed E-state index contributed by atoms with van der Waals surface area (Å²) in [6, 6.07) is 9.03.